The molecule has 0 spiro atoms. The second-order valence-corrected chi connectivity index (χ2v) is 9.06. The van der Waals surface area contributed by atoms with Crippen LogP contribution in [-0.2, 0) is 4.74 Å². The molecule has 1 aliphatic rings. The molecule has 0 saturated carbocycles. The van der Waals surface area contributed by atoms with Crippen molar-refractivity contribution in [3.63, 3.8) is 0 Å². The van der Waals surface area contributed by atoms with E-state index in [9.17, 15) is 10.1 Å². The lowest BCUT2D eigenvalue weighted by atomic mass is 10.0. The number of carbonyl (C=O) groups is 1. The zero-order chi connectivity index (χ0) is 25.9. The molecule has 0 unspecified atom stereocenters. The summed E-state index contributed by atoms with van der Waals surface area (Å²) >= 11 is 0. The van der Waals surface area contributed by atoms with E-state index in [0.29, 0.717) is 39.4 Å². The van der Waals surface area contributed by atoms with E-state index in [1.165, 1.54) is 18.2 Å². The number of nitriles is 1. The number of hydrogen-bond donors (Lipinski definition) is 1. The molecule has 196 valence electrons. The van der Waals surface area contributed by atoms with E-state index in [0.717, 1.165) is 42.9 Å². The molecule has 4 heterocycles. The predicted molar refractivity (Wildman–Crippen MR) is 147 cm³/mol. The third-order valence-electron chi connectivity index (χ3n) is 6.40. The van der Waals surface area contributed by atoms with Crippen LogP contribution in [0.4, 0.5) is 5.69 Å². The number of halogens is 1. The number of methoxy groups -OCH3 is 1. The Kier molecular flexibility index (Phi) is 8.15. The molecule has 1 aromatic carbocycles. The first-order valence-corrected chi connectivity index (χ1v) is 12.0. The minimum absolute atomic E-state index is 0. The fourth-order valence-corrected chi connectivity index (χ4v) is 4.43. The molecule has 1 fully saturated rings. The summed E-state index contributed by atoms with van der Waals surface area (Å²) < 4.78 is 17.2. The molecule has 0 aliphatic carbocycles. The summed E-state index contributed by atoms with van der Waals surface area (Å²) in [6.07, 6.45) is 5.04. The van der Waals surface area contributed by atoms with E-state index in [4.69, 9.17) is 13.9 Å². The lowest BCUT2D eigenvalue weighted by Gasteiger charge is -2.24. The van der Waals surface area contributed by atoms with Gasteiger partial charge in [0.25, 0.3) is 5.91 Å². The van der Waals surface area contributed by atoms with Crippen LogP contribution in [0.25, 0.3) is 33.7 Å². The van der Waals surface area contributed by atoms with Gasteiger partial charge in [0.15, 0.2) is 11.3 Å². The number of anilines is 1. The number of hydrogen-bond acceptors (Lipinski definition) is 8. The highest BCUT2D eigenvalue weighted by molar-refractivity contribution is 5.95. The molecule has 38 heavy (non-hydrogen) atoms. The SMILES string of the molecule is COc1cc(C(=O)N(C)C)cnc1-c1cc2nccc(-c3ccc(NC4CCOCC4)c(C#N)c3)c2o1.Cl. The fraction of sp³-hybridized carbons (Fsp3) is 0.286. The minimum atomic E-state index is -0.172. The second-order valence-electron chi connectivity index (χ2n) is 9.06. The van der Waals surface area contributed by atoms with Crippen molar-refractivity contribution < 1.29 is 18.7 Å². The summed E-state index contributed by atoms with van der Waals surface area (Å²) in [5.41, 5.74) is 5.12. The Balaban J connectivity index is 0.00000336. The Morgan fingerprint density at radius 2 is 1.95 bits per heavy atom. The van der Waals surface area contributed by atoms with Crippen LogP contribution in [0.2, 0.25) is 0 Å². The van der Waals surface area contributed by atoms with E-state index in [1.54, 1.807) is 32.4 Å². The van der Waals surface area contributed by atoms with Crippen LogP contribution in [0.3, 0.4) is 0 Å². The largest absolute Gasteiger partial charge is 0.494 e. The highest BCUT2D eigenvalue weighted by Gasteiger charge is 2.20. The van der Waals surface area contributed by atoms with Crippen molar-refractivity contribution in [1.82, 2.24) is 14.9 Å². The monoisotopic (exact) mass is 533 g/mol. The summed E-state index contributed by atoms with van der Waals surface area (Å²) in [7, 11) is 4.89. The number of amides is 1. The number of ether oxygens (including phenoxy) is 2. The molecular formula is C28H28ClN5O4. The Hall–Kier alpha value is -4.13. The maximum absolute atomic E-state index is 12.4. The summed E-state index contributed by atoms with van der Waals surface area (Å²) in [4.78, 5) is 22.8. The summed E-state index contributed by atoms with van der Waals surface area (Å²) in [5, 5.41) is 13.3. The Labute approximate surface area is 226 Å². The number of pyridine rings is 2. The molecule has 5 rings (SSSR count). The number of rotatable bonds is 6. The van der Waals surface area contributed by atoms with Crippen LogP contribution in [0.15, 0.2) is 53.2 Å². The standard InChI is InChI=1S/C28H27N5O4.ClH/c1-33(2)28(34)19-13-24(35-3)26(31-16-19)25-14-23-27(37-25)21(6-9-30-23)17-4-5-22(18(12-17)15-29)32-20-7-10-36-11-8-20;/h4-6,9,12-14,16,20,32H,7-8,10-11H2,1-3H3;1H. The molecule has 0 atom stereocenters. The topological polar surface area (TPSA) is 114 Å². The lowest BCUT2D eigenvalue weighted by molar-refractivity contribution is 0.0826. The lowest BCUT2D eigenvalue weighted by Crippen LogP contribution is -2.28. The van der Waals surface area contributed by atoms with Gasteiger partial charge in [0.05, 0.1) is 23.9 Å². The maximum atomic E-state index is 12.4. The first-order chi connectivity index (χ1) is 18.0. The number of fused-ring (bicyclic) bond motifs is 1. The number of aromatic nitrogens is 2. The van der Waals surface area contributed by atoms with Crippen molar-refractivity contribution in [2.24, 2.45) is 0 Å². The molecule has 3 aromatic heterocycles. The first kappa shape index (κ1) is 26.9. The molecular weight excluding hydrogens is 506 g/mol. The van der Waals surface area contributed by atoms with Gasteiger partial charge in [-0.05, 0) is 42.7 Å². The number of nitrogens with one attached hydrogen (secondary N) is 1. The first-order valence-electron chi connectivity index (χ1n) is 12.0. The van der Waals surface area contributed by atoms with Gasteiger partial charge in [0, 0.05) is 57.4 Å². The molecule has 1 saturated heterocycles. The molecule has 0 radical (unpaired) electrons. The minimum Gasteiger partial charge on any atom is -0.494 e. The quantitative estimate of drug-likeness (QED) is 0.362. The average molecular weight is 534 g/mol. The summed E-state index contributed by atoms with van der Waals surface area (Å²) in [6, 6.07) is 13.7. The van der Waals surface area contributed by atoms with Gasteiger partial charge in [-0.3, -0.25) is 9.78 Å². The maximum Gasteiger partial charge on any atom is 0.255 e. The average Bonchev–Trinajstić information content (AvgIpc) is 3.37. The smallest absolute Gasteiger partial charge is 0.255 e. The van der Waals surface area contributed by atoms with Gasteiger partial charge in [0.1, 0.15) is 23.0 Å². The second kappa shape index (κ2) is 11.5. The third-order valence-corrected chi connectivity index (χ3v) is 6.40. The molecule has 1 aliphatic heterocycles. The Bertz CT molecular complexity index is 1510. The van der Waals surface area contributed by atoms with Gasteiger partial charge in [-0.1, -0.05) is 6.07 Å². The zero-order valence-electron chi connectivity index (χ0n) is 21.4. The number of carbonyl (C=O) groups excluding carboxylic acids is 1. The molecule has 1 N–H and O–H groups in total. The van der Waals surface area contributed by atoms with Gasteiger partial charge in [-0.2, -0.15) is 5.26 Å². The number of nitrogens with zero attached hydrogens (tertiary/aromatic N) is 4. The van der Waals surface area contributed by atoms with Crippen LogP contribution in [0, 0.1) is 11.3 Å². The van der Waals surface area contributed by atoms with Crippen molar-refractivity contribution in [2.45, 2.75) is 18.9 Å². The molecule has 1 amide bonds. The molecule has 4 aromatic rings. The van der Waals surface area contributed by atoms with Crippen molar-refractivity contribution in [2.75, 3.05) is 39.7 Å². The third kappa shape index (κ3) is 5.28. The van der Waals surface area contributed by atoms with Gasteiger partial charge in [-0.15, -0.1) is 12.4 Å². The van der Waals surface area contributed by atoms with E-state index in [1.807, 2.05) is 24.3 Å². The Morgan fingerprint density at radius 1 is 1.16 bits per heavy atom. The van der Waals surface area contributed by atoms with Crippen LogP contribution in [0.5, 0.6) is 5.75 Å². The van der Waals surface area contributed by atoms with Crippen LogP contribution >= 0.6 is 12.4 Å². The van der Waals surface area contributed by atoms with Crippen LogP contribution < -0.4 is 10.1 Å². The van der Waals surface area contributed by atoms with E-state index < -0.39 is 0 Å². The Morgan fingerprint density at radius 3 is 2.66 bits per heavy atom. The van der Waals surface area contributed by atoms with Gasteiger partial charge in [-0.25, -0.2) is 4.98 Å². The van der Waals surface area contributed by atoms with E-state index in [2.05, 4.69) is 21.4 Å². The van der Waals surface area contributed by atoms with E-state index in [-0.39, 0.29) is 24.4 Å². The van der Waals surface area contributed by atoms with Crippen molar-refractivity contribution in [3.05, 3.63) is 59.9 Å². The van der Waals surface area contributed by atoms with Gasteiger partial charge < -0.3 is 24.1 Å². The number of benzene rings is 1. The highest BCUT2D eigenvalue weighted by Crippen LogP contribution is 2.37. The zero-order valence-corrected chi connectivity index (χ0v) is 22.2. The molecule has 10 heteroatoms. The molecule has 0 bridgehead atoms. The van der Waals surface area contributed by atoms with Crippen molar-refractivity contribution >= 4 is 35.1 Å². The number of furan rings is 1. The predicted octanol–water partition coefficient (Wildman–Crippen LogP) is 5.15. The highest BCUT2D eigenvalue weighted by atomic mass is 35.5. The van der Waals surface area contributed by atoms with Crippen LogP contribution in [0.1, 0.15) is 28.8 Å². The van der Waals surface area contributed by atoms with E-state index >= 15 is 0 Å². The summed E-state index contributed by atoms with van der Waals surface area (Å²) in [6.45, 7) is 1.45. The van der Waals surface area contributed by atoms with Gasteiger partial charge in [0.2, 0.25) is 0 Å². The fourth-order valence-electron chi connectivity index (χ4n) is 4.43. The van der Waals surface area contributed by atoms with Crippen LogP contribution in [-0.4, -0.2) is 61.2 Å². The van der Waals surface area contributed by atoms with Crippen molar-refractivity contribution in [1.29, 1.82) is 5.26 Å². The summed E-state index contributed by atoms with van der Waals surface area (Å²) in [5.74, 6) is 0.714. The normalized spacial score (nSPS) is 13.4. The van der Waals surface area contributed by atoms with Crippen molar-refractivity contribution in [3.8, 4) is 34.4 Å². The molecule has 9 nitrogen and oxygen atoms in total. The van der Waals surface area contributed by atoms with Gasteiger partial charge >= 0.3 is 0 Å².